The summed E-state index contributed by atoms with van der Waals surface area (Å²) in [6.45, 7) is -0.492. The van der Waals surface area contributed by atoms with Crippen LogP contribution in [-0.4, -0.2) is 28.3 Å². The van der Waals surface area contributed by atoms with E-state index in [1.165, 1.54) is 23.9 Å². The van der Waals surface area contributed by atoms with Crippen LogP contribution in [0.3, 0.4) is 0 Å². The molecule has 3 rings (SSSR count). The van der Waals surface area contributed by atoms with Crippen LogP contribution in [0.4, 0.5) is 4.39 Å². The van der Waals surface area contributed by atoms with Gasteiger partial charge in [0, 0.05) is 16.9 Å². The minimum absolute atomic E-state index is 0.277. The zero-order chi connectivity index (χ0) is 16.2. The number of rotatable bonds is 4. The van der Waals surface area contributed by atoms with E-state index in [-0.39, 0.29) is 11.6 Å². The van der Waals surface area contributed by atoms with E-state index in [2.05, 4.69) is 10.2 Å². The van der Waals surface area contributed by atoms with Crippen LogP contribution in [-0.2, 0) is 0 Å². The number of hydrogen-bond acceptors (Lipinski definition) is 5. The fraction of sp³-hybridized carbons (Fsp3) is 0.118. The first-order chi connectivity index (χ1) is 11.2. The van der Waals surface area contributed by atoms with Crippen molar-refractivity contribution in [1.29, 1.82) is 0 Å². The lowest BCUT2D eigenvalue weighted by atomic mass is 10.1. The van der Waals surface area contributed by atoms with Crippen LogP contribution in [0, 0.1) is 5.82 Å². The molecule has 0 amide bonds. The van der Waals surface area contributed by atoms with Gasteiger partial charge in [-0.15, -0.1) is 5.10 Å². The lowest BCUT2D eigenvalue weighted by molar-refractivity contribution is 0.0903. The van der Waals surface area contributed by atoms with E-state index in [0.717, 1.165) is 21.2 Å². The van der Waals surface area contributed by atoms with Gasteiger partial charge in [-0.3, -0.25) is 4.79 Å². The Morgan fingerprint density at radius 2 is 1.78 bits per heavy atom. The normalized spacial score (nSPS) is 13.7. The third-order valence-corrected chi connectivity index (χ3v) is 4.30. The first kappa shape index (κ1) is 15.6. The topological polar surface area (TPSA) is 62.0 Å². The molecule has 1 aliphatic heterocycles. The molecule has 0 radical (unpaired) electrons. The van der Waals surface area contributed by atoms with E-state index in [4.69, 9.17) is 5.11 Å². The number of aliphatic hydroxyl groups excluding tert-OH is 1. The van der Waals surface area contributed by atoms with Gasteiger partial charge >= 0.3 is 0 Å². The van der Waals surface area contributed by atoms with Crippen molar-refractivity contribution in [3.05, 3.63) is 65.5 Å². The van der Waals surface area contributed by atoms with E-state index in [0.29, 0.717) is 12.0 Å². The van der Waals surface area contributed by atoms with Gasteiger partial charge in [-0.1, -0.05) is 36.0 Å². The molecule has 0 fully saturated rings. The third-order valence-electron chi connectivity index (χ3n) is 3.33. The van der Waals surface area contributed by atoms with Crippen molar-refractivity contribution in [2.24, 2.45) is 10.2 Å². The molecule has 1 heterocycles. The molecular weight excluding hydrogens is 315 g/mol. The number of Topliss-reactive ketones (excluding diaryl/α,β-unsaturated/α-hetero) is 1. The summed E-state index contributed by atoms with van der Waals surface area (Å²) in [7, 11) is 0. The van der Waals surface area contributed by atoms with Gasteiger partial charge in [0.05, 0.1) is 5.71 Å². The highest BCUT2D eigenvalue weighted by Gasteiger charge is 2.16. The largest absolute Gasteiger partial charge is 0.388 e. The molecule has 1 N–H and O–H groups in total. The van der Waals surface area contributed by atoms with E-state index < -0.39 is 6.61 Å². The molecule has 6 heteroatoms. The molecule has 116 valence electrons. The van der Waals surface area contributed by atoms with Crippen molar-refractivity contribution in [3.63, 3.8) is 0 Å². The molecule has 0 bridgehead atoms. The van der Waals surface area contributed by atoms with Crippen LogP contribution >= 0.6 is 11.8 Å². The first-order valence-corrected chi connectivity index (χ1v) is 7.78. The number of aliphatic hydroxyl groups is 1. The fourth-order valence-electron chi connectivity index (χ4n) is 2.12. The summed E-state index contributed by atoms with van der Waals surface area (Å²) in [5.41, 5.74) is 2.14. The molecule has 0 atom stereocenters. The highest BCUT2D eigenvalue weighted by Crippen LogP contribution is 2.26. The summed E-state index contributed by atoms with van der Waals surface area (Å²) in [5.74, 6) is -0.581. The fourth-order valence-corrected chi connectivity index (χ4v) is 2.96. The van der Waals surface area contributed by atoms with Crippen molar-refractivity contribution < 1.29 is 14.3 Å². The summed E-state index contributed by atoms with van der Waals surface area (Å²) < 4.78 is 12.9. The maximum Gasteiger partial charge on any atom is 0.188 e. The van der Waals surface area contributed by atoms with Gasteiger partial charge in [-0.25, -0.2) is 4.39 Å². The predicted molar refractivity (Wildman–Crippen MR) is 88.7 cm³/mol. The van der Waals surface area contributed by atoms with Crippen LogP contribution < -0.4 is 0 Å². The number of nitrogens with zero attached hydrogens (tertiary/aromatic N) is 2. The third kappa shape index (κ3) is 3.72. The maximum atomic E-state index is 12.9. The Morgan fingerprint density at radius 3 is 2.43 bits per heavy atom. The molecule has 1 aliphatic rings. The van der Waals surface area contributed by atoms with E-state index in [1.54, 1.807) is 24.3 Å². The maximum absolute atomic E-state index is 12.9. The smallest absolute Gasteiger partial charge is 0.188 e. The van der Waals surface area contributed by atoms with Gasteiger partial charge in [-0.05, 0) is 29.8 Å². The minimum atomic E-state index is -0.492. The molecule has 4 nitrogen and oxygen atoms in total. The summed E-state index contributed by atoms with van der Waals surface area (Å²) in [5, 5.41) is 18.0. The van der Waals surface area contributed by atoms with Crippen molar-refractivity contribution in [3.8, 4) is 0 Å². The second-order valence-electron chi connectivity index (χ2n) is 4.93. The Labute approximate surface area is 136 Å². The monoisotopic (exact) mass is 328 g/mol. The van der Waals surface area contributed by atoms with E-state index in [9.17, 15) is 9.18 Å². The Balaban J connectivity index is 1.62. The van der Waals surface area contributed by atoms with Crippen LogP contribution in [0.5, 0.6) is 0 Å². The summed E-state index contributed by atoms with van der Waals surface area (Å²) in [6.07, 6.45) is 0.591. The van der Waals surface area contributed by atoms with Crippen molar-refractivity contribution in [1.82, 2.24) is 0 Å². The SMILES string of the molecule is O=C(CO)c1ccc(SC2=NN=C(c3ccc(F)cc3)C2)cc1. The number of thioether (sulfide) groups is 1. The summed E-state index contributed by atoms with van der Waals surface area (Å²) >= 11 is 1.47. The molecule has 0 aromatic heterocycles. The Hall–Kier alpha value is -2.31. The number of carbonyl (C=O) groups excluding carboxylic acids is 1. The molecule has 0 unspecified atom stereocenters. The zero-order valence-corrected chi connectivity index (χ0v) is 12.9. The van der Waals surface area contributed by atoms with Crippen molar-refractivity contribution >= 4 is 28.3 Å². The average molecular weight is 328 g/mol. The van der Waals surface area contributed by atoms with Gasteiger partial charge in [0.1, 0.15) is 17.5 Å². The second-order valence-corrected chi connectivity index (χ2v) is 6.08. The lowest BCUT2D eigenvalue weighted by Gasteiger charge is -2.03. The molecule has 23 heavy (non-hydrogen) atoms. The van der Waals surface area contributed by atoms with Crippen LogP contribution in [0.25, 0.3) is 0 Å². The van der Waals surface area contributed by atoms with Gasteiger partial charge in [0.15, 0.2) is 5.78 Å². The van der Waals surface area contributed by atoms with Gasteiger partial charge < -0.3 is 5.11 Å². The highest BCUT2D eigenvalue weighted by atomic mass is 32.2. The molecule has 2 aromatic rings. The van der Waals surface area contributed by atoms with Crippen LogP contribution in [0.15, 0.2) is 63.6 Å². The zero-order valence-electron chi connectivity index (χ0n) is 12.1. The number of halogens is 1. The standard InChI is InChI=1S/C17H13FN2O2S/c18-13-5-1-11(2-6-13)15-9-17(20-19-15)23-14-7-3-12(4-8-14)16(22)10-21/h1-8,21H,9-10H2. The van der Waals surface area contributed by atoms with Crippen LogP contribution in [0.1, 0.15) is 22.3 Å². The molecule has 0 spiro atoms. The summed E-state index contributed by atoms with van der Waals surface area (Å²) in [6, 6.07) is 13.2. The quantitative estimate of drug-likeness (QED) is 0.876. The Kier molecular flexibility index (Phi) is 4.64. The van der Waals surface area contributed by atoms with Gasteiger partial charge in [-0.2, -0.15) is 5.10 Å². The molecule has 2 aromatic carbocycles. The lowest BCUT2D eigenvalue weighted by Crippen LogP contribution is -2.04. The Bertz CT molecular complexity index is 783. The number of ketones is 1. The van der Waals surface area contributed by atoms with Crippen molar-refractivity contribution in [2.45, 2.75) is 11.3 Å². The Morgan fingerprint density at radius 1 is 1.09 bits per heavy atom. The van der Waals surface area contributed by atoms with Crippen molar-refractivity contribution in [2.75, 3.05) is 6.61 Å². The van der Waals surface area contributed by atoms with E-state index in [1.807, 2.05) is 12.1 Å². The van der Waals surface area contributed by atoms with Gasteiger partial charge in [0.2, 0.25) is 0 Å². The highest BCUT2D eigenvalue weighted by molar-refractivity contribution is 8.14. The number of hydrogen-bond donors (Lipinski definition) is 1. The predicted octanol–water partition coefficient (Wildman–Crippen LogP) is 3.30. The van der Waals surface area contributed by atoms with Gasteiger partial charge in [0.25, 0.3) is 0 Å². The molecule has 0 saturated carbocycles. The minimum Gasteiger partial charge on any atom is -0.388 e. The number of carbonyl (C=O) groups is 1. The summed E-state index contributed by atoms with van der Waals surface area (Å²) in [4.78, 5) is 12.3. The average Bonchev–Trinajstić information content (AvgIpc) is 3.04. The second kappa shape index (κ2) is 6.85. The number of benzene rings is 2. The first-order valence-electron chi connectivity index (χ1n) is 6.97. The van der Waals surface area contributed by atoms with E-state index >= 15 is 0 Å². The molecule has 0 saturated heterocycles. The van der Waals surface area contributed by atoms with Crippen LogP contribution in [0.2, 0.25) is 0 Å². The molecular formula is C17H13FN2O2S. The molecule has 0 aliphatic carbocycles.